The molecule has 0 aliphatic carbocycles. The molecule has 0 aromatic heterocycles. The first-order valence-corrected chi connectivity index (χ1v) is 18.0. The number of hydrogen-bond donors (Lipinski definition) is 0. The van der Waals surface area contributed by atoms with Crippen molar-refractivity contribution in [3.8, 4) is 0 Å². The van der Waals surface area contributed by atoms with E-state index in [4.69, 9.17) is 23.2 Å². The first-order chi connectivity index (χ1) is 26.0. The third-order valence-electron chi connectivity index (χ3n) is 7.52. The second-order valence-electron chi connectivity index (χ2n) is 11.6. The van der Waals surface area contributed by atoms with Crippen LogP contribution < -0.4 is 9.80 Å². The molecule has 6 aromatic carbocycles. The van der Waals surface area contributed by atoms with Crippen molar-refractivity contribution in [2.24, 2.45) is 0 Å². The van der Waals surface area contributed by atoms with Crippen LogP contribution in [-0.4, -0.2) is 24.9 Å². The van der Waals surface area contributed by atoms with E-state index in [1.165, 1.54) is 21.9 Å². The Balaban J connectivity index is 0.000000298. The van der Waals surface area contributed by atoms with Crippen molar-refractivity contribution in [3.63, 3.8) is 0 Å². The first kappa shape index (κ1) is 46.7. The molecule has 0 fully saturated rings. The maximum atomic E-state index is 14.0. The van der Waals surface area contributed by atoms with Crippen LogP contribution in [0.1, 0.15) is 60.2 Å². The fraction of sp³-hybridized carbons (Fsp3) is 0.182. The molecule has 0 spiro atoms. The van der Waals surface area contributed by atoms with Crippen molar-refractivity contribution in [3.05, 3.63) is 190 Å². The topological polar surface area (TPSA) is 40.6 Å². The van der Waals surface area contributed by atoms with Crippen molar-refractivity contribution in [2.75, 3.05) is 22.9 Å². The van der Waals surface area contributed by atoms with Crippen LogP contribution in [0.4, 0.5) is 28.9 Å². The molecule has 6 rings (SSSR count). The average molecular weight is 824 g/mol. The normalized spacial score (nSPS) is 9.89. The van der Waals surface area contributed by atoms with Crippen molar-refractivity contribution >= 4 is 46.4 Å². The quantitative estimate of drug-likeness (QED) is 0.0784. The Hall–Kier alpha value is -4.47. The second kappa shape index (κ2) is 25.6. The Bertz CT molecular complexity index is 1780. The van der Waals surface area contributed by atoms with Gasteiger partial charge < -0.3 is 9.80 Å². The van der Waals surface area contributed by atoms with E-state index in [-0.39, 0.29) is 44.9 Å². The smallest absolute Gasteiger partial charge is 0.359 e. The summed E-state index contributed by atoms with van der Waals surface area (Å²) in [5.74, 6) is -4.06. The molecule has 2 amide bonds. The largest absolute Gasteiger partial charge is 4.00 e. The van der Waals surface area contributed by atoms with Gasteiger partial charge in [0.15, 0.2) is 0 Å². The van der Waals surface area contributed by atoms with Crippen molar-refractivity contribution in [2.45, 2.75) is 39.5 Å². The van der Waals surface area contributed by atoms with Crippen LogP contribution in [0.15, 0.2) is 133 Å². The fourth-order valence-corrected chi connectivity index (χ4v) is 4.97. The van der Waals surface area contributed by atoms with Crippen molar-refractivity contribution in [1.29, 1.82) is 0 Å². The van der Waals surface area contributed by atoms with Gasteiger partial charge in [-0.25, -0.2) is 41.8 Å². The van der Waals surface area contributed by atoms with E-state index in [0.717, 1.165) is 25.0 Å². The molecule has 0 unspecified atom stereocenters. The monoisotopic (exact) mass is 822 g/mol. The van der Waals surface area contributed by atoms with Gasteiger partial charge in [-0.05, 0) is 72.7 Å². The zero-order valence-electron chi connectivity index (χ0n) is 30.4. The van der Waals surface area contributed by atoms with Crippen molar-refractivity contribution in [1.82, 2.24) is 0 Å². The number of carbonyl (C=O) groups is 2. The number of benzene rings is 4. The maximum absolute atomic E-state index is 14.0. The zero-order chi connectivity index (χ0) is 39.3. The Labute approximate surface area is 345 Å². The van der Waals surface area contributed by atoms with Gasteiger partial charge >= 0.3 is 21.7 Å². The minimum atomic E-state index is -0.876. The molecule has 55 heavy (non-hydrogen) atoms. The van der Waals surface area contributed by atoms with Gasteiger partial charge in [0.05, 0.1) is 0 Å². The van der Waals surface area contributed by atoms with Crippen LogP contribution in [0.3, 0.4) is 0 Å². The number of rotatable bonds is 10. The molecule has 0 radical (unpaired) electrons. The molecule has 284 valence electrons. The number of amides is 2. The summed E-state index contributed by atoms with van der Waals surface area (Å²) >= 11 is 11.6. The summed E-state index contributed by atoms with van der Waals surface area (Å²) in [6.07, 6.45) is 3.10. The zero-order valence-corrected chi connectivity index (χ0v) is 33.5. The van der Waals surface area contributed by atoms with Crippen LogP contribution in [0.2, 0.25) is 10.0 Å². The standard InChI is InChI=1S/2C17H15ClF2NO.2C5H5.Ti/c2*1-2-3-10-21(16-9-8-14(19)11-15(16)20)17(22)12-4-6-13(18)7-5-12;2*1-2-4-5-3-1;/h2*4-9H,2-3,10H2,1H3;2*1-5H;/q4*-1;+4. The van der Waals surface area contributed by atoms with Gasteiger partial charge in [-0.15, -0.1) is 36.4 Å². The van der Waals surface area contributed by atoms with Gasteiger partial charge in [0.25, 0.3) is 0 Å². The SMILES string of the molecule is CCCCN(C(=O)c1ccc(Cl)cc1)c1ccc(F)[c-]c1F.CCCCN(C(=O)c1ccc(Cl)cc1)c1ccc(F)[c-]c1F.[Ti+4].c1cc[cH-]c1.c1cc[cH-]c1. The van der Waals surface area contributed by atoms with Gasteiger partial charge in [0, 0.05) is 57.5 Å². The van der Waals surface area contributed by atoms with Gasteiger partial charge in [0.1, 0.15) is 0 Å². The van der Waals surface area contributed by atoms with E-state index < -0.39 is 23.3 Å². The molecule has 0 heterocycles. The summed E-state index contributed by atoms with van der Waals surface area (Å²) in [6, 6.07) is 41.3. The Morgan fingerprint density at radius 1 is 0.564 bits per heavy atom. The Morgan fingerprint density at radius 2 is 0.891 bits per heavy atom. The van der Waals surface area contributed by atoms with Gasteiger partial charge in [-0.1, -0.05) is 49.9 Å². The minimum absolute atomic E-state index is 0. The maximum Gasteiger partial charge on any atom is 4.00 e. The van der Waals surface area contributed by atoms with Gasteiger partial charge in [-0.3, -0.25) is 9.59 Å². The summed E-state index contributed by atoms with van der Waals surface area (Å²) in [5, 5.41) is 1.02. The number of anilines is 2. The molecule has 0 aliphatic heterocycles. The second-order valence-corrected chi connectivity index (χ2v) is 12.4. The number of carbonyl (C=O) groups excluding carboxylic acids is 2. The molecular formula is C44H40Cl2F4N2O2Ti. The number of halogens is 6. The molecular weight excluding hydrogens is 783 g/mol. The van der Waals surface area contributed by atoms with E-state index in [9.17, 15) is 27.2 Å². The van der Waals surface area contributed by atoms with Crippen LogP contribution in [-0.2, 0) is 21.7 Å². The predicted molar refractivity (Wildman–Crippen MR) is 211 cm³/mol. The van der Waals surface area contributed by atoms with E-state index in [1.54, 1.807) is 48.5 Å². The first-order valence-electron chi connectivity index (χ1n) is 17.3. The molecule has 0 N–H and O–H groups in total. The average Bonchev–Trinajstić information content (AvgIpc) is 3.95. The van der Waals surface area contributed by atoms with Crippen LogP contribution in [0, 0.1) is 35.4 Å². The van der Waals surface area contributed by atoms with Crippen LogP contribution in [0.5, 0.6) is 0 Å². The molecule has 0 bridgehead atoms. The van der Waals surface area contributed by atoms with E-state index in [0.29, 0.717) is 47.1 Å². The molecule has 0 saturated heterocycles. The van der Waals surface area contributed by atoms with Gasteiger partial charge in [-0.2, -0.15) is 36.4 Å². The molecule has 6 aromatic rings. The summed E-state index contributed by atoms with van der Waals surface area (Å²) in [5.41, 5.74) is 0.832. The molecule has 0 atom stereocenters. The third kappa shape index (κ3) is 16.0. The summed E-state index contributed by atoms with van der Waals surface area (Å²) in [6.45, 7) is 4.62. The minimum Gasteiger partial charge on any atom is -0.359 e. The number of unbranched alkanes of at least 4 members (excludes halogenated alkanes) is 2. The summed E-state index contributed by atoms with van der Waals surface area (Å²) < 4.78 is 54.0. The van der Waals surface area contributed by atoms with Gasteiger partial charge in [0.2, 0.25) is 11.8 Å². The summed E-state index contributed by atoms with van der Waals surface area (Å²) in [7, 11) is 0. The number of nitrogens with zero attached hydrogens (tertiary/aromatic N) is 2. The predicted octanol–water partition coefficient (Wildman–Crippen LogP) is 12.5. The molecule has 11 heteroatoms. The third-order valence-corrected chi connectivity index (χ3v) is 8.02. The molecule has 0 saturated carbocycles. The van der Waals surface area contributed by atoms with E-state index >= 15 is 0 Å². The van der Waals surface area contributed by atoms with E-state index in [1.807, 2.05) is 86.6 Å². The number of hydrogen-bond acceptors (Lipinski definition) is 2. The van der Waals surface area contributed by atoms with E-state index in [2.05, 4.69) is 0 Å². The summed E-state index contributed by atoms with van der Waals surface area (Å²) in [4.78, 5) is 27.8. The fourth-order valence-electron chi connectivity index (χ4n) is 4.72. The van der Waals surface area contributed by atoms with Crippen LogP contribution in [0.25, 0.3) is 0 Å². The van der Waals surface area contributed by atoms with Crippen LogP contribution >= 0.6 is 23.2 Å². The molecule has 0 aliphatic rings. The van der Waals surface area contributed by atoms with Crippen molar-refractivity contribution < 1.29 is 48.9 Å². The molecule has 4 nitrogen and oxygen atoms in total. The Morgan fingerprint density at radius 3 is 1.15 bits per heavy atom. The Kier molecular flexibility index (Phi) is 21.7.